The SMILES string of the molecule is CC(C)CN(C)CC1CC2(CCN(Cc3ccnn3-c3ccccc3)CC2)C(=O)O1. The van der Waals surface area contributed by atoms with Gasteiger partial charge in [0, 0.05) is 32.3 Å². The Balaban J connectivity index is 1.33. The monoisotopic (exact) mass is 410 g/mol. The largest absolute Gasteiger partial charge is 0.461 e. The molecule has 3 heterocycles. The van der Waals surface area contributed by atoms with Crippen molar-refractivity contribution in [3.05, 3.63) is 48.3 Å². The van der Waals surface area contributed by atoms with E-state index in [-0.39, 0.29) is 17.5 Å². The molecule has 4 rings (SSSR count). The highest BCUT2D eigenvalue weighted by molar-refractivity contribution is 5.79. The molecule has 2 fully saturated rings. The van der Waals surface area contributed by atoms with Gasteiger partial charge < -0.3 is 9.64 Å². The fraction of sp³-hybridized carbons (Fsp3) is 0.583. The number of piperidine rings is 1. The van der Waals surface area contributed by atoms with E-state index in [1.165, 1.54) is 5.69 Å². The minimum atomic E-state index is -0.278. The van der Waals surface area contributed by atoms with Crippen LogP contribution in [0.25, 0.3) is 5.69 Å². The number of rotatable bonds is 7. The maximum atomic E-state index is 12.8. The fourth-order valence-corrected chi connectivity index (χ4v) is 5.01. The molecule has 30 heavy (non-hydrogen) atoms. The lowest BCUT2D eigenvalue weighted by Crippen LogP contribution is -2.42. The Kier molecular flexibility index (Phi) is 6.25. The van der Waals surface area contributed by atoms with Crippen molar-refractivity contribution in [1.82, 2.24) is 19.6 Å². The average molecular weight is 411 g/mol. The van der Waals surface area contributed by atoms with E-state index in [1.54, 1.807) is 0 Å². The van der Waals surface area contributed by atoms with E-state index in [0.29, 0.717) is 5.92 Å². The van der Waals surface area contributed by atoms with Crippen LogP contribution in [0.4, 0.5) is 0 Å². The molecule has 0 radical (unpaired) electrons. The highest BCUT2D eigenvalue weighted by atomic mass is 16.6. The van der Waals surface area contributed by atoms with Crippen molar-refractivity contribution in [2.45, 2.75) is 45.8 Å². The van der Waals surface area contributed by atoms with Gasteiger partial charge in [-0.25, -0.2) is 4.68 Å². The molecular formula is C24H34N4O2. The Morgan fingerprint density at radius 3 is 2.63 bits per heavy atom. The van der Waals surface area contributed by atoms with Crippen molar-refractivity contribution in [1.29, 1.82) is 0 Å². The van der Waals surface area contributed by atoms with Crippen molar-refractivity contribution in [3.8, 4) is 5.69 Å². The zero-order chi connectivity index (χ0) is 21.1. The lowest BCUT2D eigenvalue weighted by molar-refractivity contribution is -0.151. The minimum absolute atomic E-state index is 0.0272. The summed E-state index contributed by atoms with van der Waals surface area (Å²) in [7, 11) is 2.12. The molecule has 1 aromatic carbocycles. The standard InChI is InChI=1S/C24H34N4O2/c1-19(2)16-26(3)18-22-15-24(23(29)30-22)10-13-27(14-11-24)17-21-9-12-25-28(21)20-7-5-4-6-8-20/h4-9,12,19,22H,10-11,13-18H2,1-3H3. The van der Waals surface area contributed by atoms with Crippen LogP contribution < -0.4 is 0 Å². The molecule has 6 nitrogen and oxygen atoms in total. The van der Waals surface area contributed by atoms with Crippen molar-refractivity contribution in [3.63, 3.8) is 0 Å². The molecule has 0 saturated carbocycles. The number of carbonyl (C=O) groups excluding carboxylic acids is 1. The summed E-state index contributed by atoms with van der Waals surface area (Å²) in [6, 6.07) is 12.3. The summed E-state index contributed by atoms with van der Waals surface area (Å²) in [5, 5.41) is 4.50. The maximum absolute atomic E-state index is 12.8. The van der Waals surface area contributed by atoms with Gasteiger partial charge in [-0.1, -0.05) is 32.0 Å². The zero-order valence-corrected chi connectivity index (χ0v) is 18.5. The number of hydrogen-bond donors (Lipinski definition) is 0. The maximum Gasteiger partial charge on any atom is 0.312 e. The van der Waals surface area contributed by atoms with E-state index in [4.69, 9.17) is 4.74 Å². The first-order chi connectivity index (χ1) is 14.4. The zero-order valence-electron chi connectivity index (χ0n) is 18.5. The molecule has 0 amide bonds. The van der Waals surface area contributed by atoms with E-state index in [0.717, 1.165) is 57.7 Å². The topological polar surface area (TPSA) is 50.6 Å². The van der Waals surface area contributed by atoms with Crippen LogP contribution in [0.5, 0.6) is 0 Å². The van der Waals surface area contributed by atoms with Crippen LogP contribution in [0.2, 0.25) is 0 Å². The third kappa shape index (κ3) is 4.60. The Hall–Kier alpha value is -2.18. The normalized spacial score (nSPS) is 21.6. The second-order valence-electron chi connectivity index (χ2n) is 9.47. The number of likely N-dealkylation sites (tertiary alicyclic amines) is 1. The van der Waals surface area contributed by atoms with Crippen LogP contribution in [0.15, 0.2) is 42.6 Å². The summed E-state index contributed by atoms with van der Waals surface area (Å²) in [5.41, 5.74) is 1.98. The molecule has 2 aliphatic rings. The number of ether oxygens (including phenoxy) is 1. The number of benzene rings is 1. The van der Waals surface area contributed by atoms with Gasteiger partial charge in [0.1, 0.15) is 6.10 Å². The Morgan fingerprint density at radius 1 is 1.20 bits per heavy atom. The highest BCUT2D eigenvalue weighted by Crippen LogP contribution is 2.43. The van der Waals surface area contributed by atoms with Crippen LogP contribution in [0.3, 0.4) is 0 Å². The summed E-state index contributed by atoms with van der Waals surface area (Å²) in [5.74, 6) is 0.646. The third-order valence-electron chi connectivity index (χ3n) is 6.44. The van der Waals surface area contributed by atoms with Gasteiger partial charge in [0.05, 0.1) is 16.8 Å². The van der Waals surface area contributed by atoms with Gasteiger partial charge in [0.15, 0.2) is 0 Å². The van der Waals surface area contributed by atoms with Crippen molar-refractivity contribution >= 4 is 5.97 Å². The number of esters is 1. The van der Waals surface area contributed by atoms with Gasteiger partial charge in [-0.15, -0.1) is 0 Å². The predicted molar refractivity (Wildman–Crippen MR) is 117 cm³/mol. The summed E-state index contributed by atoms with van der Waals surface area (Å²) < 4.78 is 7.82. The molecule has 2 saturated heterocycles. The smallest absolute Gasteiger partial charge is 0.312 e. The quantitative estimate of drug-likeness (QED) is 0.655. The van der Waals surface area contributed by atoms with Gasteiger partial charge in [-0.05, 0) is 57.1 Å². The molecule has 1 aromatic heterocycles. The number of likely N-dealkylation sites (N-methyl/N-ethyl adjacent to an activating group) is 1. The second-order valence-corrected chi connectivity index (χ2v) is 9.47. The molecule has 162 valence electrons. The van der Waals surface area contributed by atoms with Gasteiger partial charge in [0.25, 0.3) is 0 Å². The van der Waals surface area contributed by atoms with E-state index >= 15 is 0 Å². The summed E-state index contributed by atoms with van der Waals surface area (Å²) in [6.07, 6.45) is 4.53. The van der Waals surface area contributed by atoms with Gasteiger partial charge in [0.2, 0.25) is 0 Å². The highest BCUT2D eigenvalue weighted by Gasteiger charge is 2.50. The van der Waals surface area contributed by atoms with Crippen LogP contribution in [-0.4, -0.2) is 64.9 Å². The first-order valence-corrected chi connectivity index (χ1v) is 11.2. The van der Waals surface area contributed by atoms with Crippen LogP contribution in [0.1, 0.15) is 38.8 Å². The fourth-order valence-electron chi connectivity index (χ4n) is 5.01. The molecule has 0 bridgehead atoms. The number of hydrogen-bond acceptors (Lipinski definition) is 5. The minimum Gasteiger partial charge on any atom is -0.461 e. The number of carbonyl (C=O) groups is 1. The molecule has 6 heteroatoms. The Morgan fingerprint density at radius 2 is 1.93 bits per heavy atom. The molecular weight excluding hydrogens is 376 g/mol. The molecule has 2 aromatic rings. The van der Waals surface area contributed by atoms with Crippen molar-refractivity contribution < 1.29 is 9.53 Å². The van der Waals surface area contributed by atoms with Crippen molar-refractivity contribution in [2.75, 3.05) is 33.2 Å². The molecule has 0 N–H and O–H groups in total. The van der Waals surface area contributed by atoms with Gasteiger partial charge in [-0.3, -0.25) is 9.69 Å². The van der Waals surface area contributed by atoms with E-state index in [9.17, 15) is 4.79 Å². The summed E-state index contributed by atoms with van der Waals surface area (Å²) in [6.45, 7) is 9.00. The first kappa shape index (κ1) is 21.1. The lowest BCUT2D eigenvalue weighted by atomic mass is 9.76. The van der Waals surface area contributed by atoms with E-state index < -0.39 is 0 Å². The van der Waals surface area contributed by atoms with Crippen LogP contribution in [-0.2, 0) is 16.1 Å². The second kappa shape index (κ2) is 8.90. The third-order valence-corrected chi connectivity index (χ3v) is 6.44. The molecule has 1 spiro atoms. The molecule has 1 unspecified atom stereocenters. The number of para-hydroxylation sites is 1. The first-order valence-electron chi connectivity index (χ1n) is 11.2. The van der Waals surface area contributed by atoms with Crippen LogP contribution >= 0.6 is 0 Å². The van der Waals surface area contributed by atoms with Crippen molar-refractivity contribution in [2.24, 2.45) is 11.3 Å². The van der Waals surface area contributed by atoms with Gasteiger partial charge >= 0.3 is 5.97 Å². The van der Waals surface area contributed by atoms with Gasteiger partial charge in [-0.2, -0.15) is 5.10 Å². The number of cyclic esters (lactones) is 1. The van der Waals surface area contributed by atoms with E-state index in [2.05, 4.69) is 54.0 Å². The number of nitrogens with zero attached hydrogens (tertiary/aromatic N) is 4. The number of aromatic nitrogens is 2. The summed E-state index contributed by atoms with van der Waals surface area (Å²) in [4.78, 5) is 17.5. The predicted octanol–water partition coefficient (Wildman–Crippen LogP) is 3.36. The average Bonchev–Trinajstić information content (AvgIpc) is 3.28. The van der Waals surface area contributed by atoms with E-state index in [1.807, 2.05) is 29.1 Å². The molecule has 1 atom stereocenters. The molecule has 2 aliphatic heterocycles. The lowest BCUT2D eigenvalue weighted by Gasteiger charge is -2.36. The molecule has 0 aliphatic carbocycles. The Bertz CT molecular complexity index is 840. The summed E-state index contributed by atoms with van der Waals surface area (Å²) >= 11 is 0. The Labute approximate surface area is 179 Å². The van der Waals surface area contributed by atoms with Crippen LogP contribution in [0, 0.1) is 11.3 Å².